The molecule has 0 bridgehead atoms. The second kappa shape index (κ2) is 9.78. The van der Waals surface area contributed by atoms with Crippen molar-refractivity contribution in [2.24, 2.45) is 40.9 Å². The van der Waals surface area contributed by atoms with E-state index in [1.807, 2.05) is 6.08 Å². The molecule has 3 aliphatic carbocycles. The Bertz CT molecular complexity index is 681. The predicted octanol–water partition coefficient (Wildman–Crippen LogP) is 5.54. The Morgan fingerprint density at radius 1 is 1.23 bits per heavy atom. The third-order valence-electron chi connectivity index (χ3n) is 8.91. The SMILES string of the molecule is CCC1CC(=O)[C@@]2(C)C(CC[C@@H]2[C@H](C)CCC(=O)OC)[C@@H]1CC[C@H]1CC=CC(=O)C1. The van der Waals surface area contributed by atoms with Gasteiger partial charge in [0.2, 0.25) is 0 Å². The summed E-state index contributed by atoms with van der Waals surface area (Å²) < 4.78 is 4.82. The molecule has 7 atom stereocenters. The van der Waals surface area contributed by atoms with Crippen molar-refractivity contribution in [2.45, 2.75) is 85.0 Å². The number of hydrogen-bond acceptors (Lipinski definition) is 4. The zero-order chi connectivity index (χ0) is 21.9. The van der Waals surface area contributed by atoms with E-state index in [1.54, 1.807) is 6.08 Å². The minimum atomic E-state index is -0.256. The Kier molecular flexibility index (Phi) is 7.57. The monoisotopic (exact) mass is 416 g/mol. The number of esters is 1. The molecule has 0 saturated heterocycles. The van der Waals surface area contributed by atoms with Crippen molar-refractivity contribution in [3.8, 4) is 0 Å². The lowest BCUT2D eigenvalue weighted by molar-refractivity contribution is -0.143. The number of hydrogen-bond donors (Lipinski definition) is 0. The number of carbonyl (C=O) groups is 3. The van der Waals surface area contributed by atoms with Gasteiger partial charge in [-0.05, 0) is 80.1 Å². The highest BCUT2D eigenvalue weighted by atomic mass is 16.5. The van der Waals surface area contributed by atoms with Gasteiger partial charge in [-0.2, -0.15) is 0 Å². The van der Waals surface area contributed by atoms with Crippen LogP contribution in [0.25, 0.3) is 0 Å². The van der Waals surface area contributed by atoms with Gasteiger partial charge in [0.25, 0.3) is 0 Å². The summed E-state index contributed by atoms with van der Waals surface area (Å²) in [6.07, 6.45) is 12.9. The van der Waals surface area contributed by atoms with Gasteiger partial charge in [0.1, 0.15) is 5.78 Å². The number of rotatable bonds is 8. The molecule has 0 aromatic carbocycles. The Morgan fingerprint density at radius 3 is 2.67 bits per heavy atom. The molecular formula is C26H40O4. The molecule has 30 heavy (non-hydrogen) atoms. The molecule has 0 aliphatic heterocycles. The zero-order valence-electron chi connectivity index (χ0n) is 19.3. The lowest BCUT2D eigenvalue weighted by Crippen LogP contribution is -2.49. The normalized spacial score (nSPS) is 37.1. The largest absolute Gasteiger partial charge is 0.469 e. The molecule has 2 unspecified atom stereocenters. The van der Waals surface area contributed by atoms with Gasteiger partial charge in [-0.3, -0.25) is 14.4 Å². The summed E-state index contributed by atoms with van der Waals surface area (Å²) in [6.45, 7) is 6.68. The summed E-state index contributed by atoms with van der Waals surface area (Å²) in [4.78, 5) is 36.9. The molecule has 0 heterocycles. The highest BCUT2D eigenvalue weighted by Gasteiger charge is 2.58. The molecule has 3 aliphatic rings. The summed E-state index contributed by atoms with van der Waals surface area (Å²) in [7, 11) is 1.44. The first kappa shape index (κ1) is 23.2. The third kappa shape index (κ3) is 4.57. The molecule has 0 radical (unpaired) electrons. The summed E-state index contributed by atoms with van der Waals surface area (Å²) in [5, 5.41) is 0. The van der Waals surface area contributed by atoms with E-state index in [0.29, 0.717) is 60.6 Å². The van der Waals surface area contributed by atoms with E-state index in [2.05, 4.69) is 20.8 Å². The van der Waals surface area contributed by atoms with Crippen molar-refractivity contribution in [2.75, 3.05) is 7.11 Å². The van der Waals surface area contributed by atoms with E-state index in [0.717, 1.165) is 44.9 Å². The minimum absolute atomic E-state index is 0.156. The smallest absolute Gasteiger partial charge is 0.305 e. The molecule has 168 valence electrons. The van der Waals surface area contributed by atoms with Crippen LogP contribution in [0, 0.1) is 40.9 Å². The molecule has 0 aromatic rings. The van der Waals surface area contributed by atoms with Gasteiger partial charge in [-0.25, -0.2) is 0 Å². The lowest BCUT2D eigenvalue weighted by atomic mass is 9.54. The predicted molar refractivity (Wildman–Crippen MR) is 118 cm³/mol. The topological polar surface area (TPSA) is 60.4 Å². The summed E-state index contributed by atoms with van der Waals surface area (Å²) in [6, 6.07) is 0. The Labute approximate surface area is 182 Å². The van der Waals surface area contributed by atoms with Crippen molar-refractivity contribution in [3.05, 3.63) is 12.2 Å². The maximum atomic E-state index is 13.4. The number of methoxy groups -OCH3 is 1. The van der Waals surface area contributed by atoms with Gasteiger partial charge >= 0.3 is 5.97 Å². The molecule has 4 nitrogen and oxygen atoms in total. The summed E-state index contributed by atoms with van der Waals surface area (Å²) in [5.74, 6) is 3.26. The number of allylic oxidation sites excluding steroid dienone is 2. The summed E-state index contributed by atoms with van der Waals surface area (Å²) >= 11 is 0. The fourth-order valence-corrected chi connectivity index (χ4v) is 7.13. The van der Waals surface area contributed by atoms with E-state index in [9.17, 15) is 14.4 Å². The number of fused-ring (bicyclic) bond motifs is 1. The van der Waals surface area contributed by atoms with Crippen LogP contribution in [0.15, 0.2) is 12.2 Å². The van der Waals surface area contributed by atoms with Crippen LogP contribution in [0.1, 0.15) is 85.0 Å². The summed E-state index contributed by atoms with van der Waals surface area (Å²) in [5.41, 5.74) is -0.256. The quantitative estimate of drug-likeness (QED) is 0.488. The second-order valence-electron chi connectivity index (χ2n) is 10.4. The standard InChI is InChI=1S/C26H40O4/c1-5-19-16-24(28)26(3)22(17(2)9-14-25(29)30-4)12-13-23(26)21(19)11-10-18-7-6-8-20(27)15-18/h6,8,17-19,21-23H,5,7,9-16H2,1-4H3/t17-,18-,19?,21-,22-,23?,26-/m1/s1. The van der Waals surface area contributed by atoms with Crippen LogP contribution in [0.2, 0.25) is 0 Å². The number of ketones is 2. The second-order valence-corrected chi connectivity index (χ2v) is 10.4. The third-order valence-corrected chi connectivity index (χ3v) is 8.91. The molecule has 0 spiro atoms. The number of carbonyl (C=O) groups excluding carboxylic acids is 3. The molecule has 2 fully saturated rings. The average molecular weight is 417 g/mol. The van der Waals surface area contributed by atoms with Crippen LogP contribution >= 0.6 is 0 Å². The van der Waals surface area contributed by atoms with E-state index >= 15 is 0 Å². The molecule has 3 rings (SSSR count). The lowest BCUT2D eigenvalue weighted by Gasteiger charge is -2.49. The number of Topliss-reactive ketones (excluding diaryl/α,β-unsaturated/α-hetero) is 1. The van der Waals surface area contributed by atoms with Crippen molar-refractivity contribution < 1.29 is 19.1 Å². The first-order valence-electron chi connectivity index (χ1n) is 12.1. The maximum Gasteiger partial charge on any atom is 0.305 e. The molecule has 0 N–H and O–H groups in total. The average Bonchev–Trinajstić information content (AvgIpc) is 3.09. The first-order valence-corrected chi connectivity index (χ1v) is 12.1. The van der Waals surface area contributed by atoms with E-state index in [4.69, 9.17) is 4.74 Å². The van der Waals surface area contributed by atoms with Crippen molar-refractivity contribution in [3.63, 3.8) is 0 Å². The van der Waals surface area contributed by atoms with Crippen molar-refractivity contribution in [1.82, 2.24) is 0 Å². The van der Waals surface area contributed by atoms with Crippen LogP contribution in [0.5, 0.6) is 0 Å². The van der Waals surface area contributed by atoms with Crippen LogP contribution in [0.4, 0.5) is 0 Å². The Hall–Kier alpha value is -1.45. The molecule has 4 heteroatoms. The fourth-order valence-electron chi connectivity index (χ4n) is 7.13. The van der Waals surface area contributed by atoms with Gasteiger partial charge in [0.05, 0.1) is 7.11 Å². The van der Waals surface area contributed by atoms with Gasteiger partial charge in [0, 0.05) is 24.7 Å². The molecule has 0 aromatic heterocycles. The highest BCUT2D eigenvalue weighted by molar-refractivity contribution is 5.90. The van der Waals surface area contributed by atoms with E-state index in [1.165, 1.54) is 7.11 Å². The number of ether oxygens (including phenoxy) is 1. The highest BCUT2D eigenvalue weighted by Crippen LogP contribution is 2.61. The molecule has 0 amide bonds. The fraction of sp³-hybridized carbons (Fsp3) is 0.808. The molecule has 2 saturated carbocycles. The van der Waals surface area contributed by atoms with Crippen LogP contribution in [-0.2, 0) is 19.1 Å². The van der Waals surface area contributed by atoms with Gasteiger partial charge < -0.3 is 4.74 Å². The van der Waals surface area contributed by atoms with Crippen LogP contribution in [-0.4, -0.2) is 24.6 Å². The van der Waals surface area contributed by atoms with E-state index in [-0.39, 0.29) is 17.2 Å². The minimum Gasteiger partial charge on any atom is -0.469 e. The van der Waals surface area contributed by atoms with E-state index < -0.39 is 0 Å². The molecular weight excluding hydrogens is 376 g/mol. The van der Waals surface area contributed by atoms with Gasteiger partial charge in [-0.15, -0.1) is 0 Å². The zero-order valence-corrected chi connectivity index (χ0v) is 19.3. The Balaban J connectivity index is 1.72. The maximum absolute atomic E-state index is 13.4. The van der Waals surface area contributed by atoms with Gasteiger partial charge in [0.15, 0.2) is 5.78 Å². The first-order chi connectivity index (χ1) is 14.3. The van der Waals surface area contributed by atoms with Crippen LogP contribution < -0.4 is 0 Å². The Morgan fingerprint density at radius 2 is 2.00 bits per heavy atom. The van der Waals surface area contributed by atoms with Crippen molar-refractivity contribution in [1.29, 1.82) is 0 Å². The van der Waals surface area contributed by atoms with Gasteiger partial charge in [-0.1, -0.05) is 33.3 Å². The van der Waals surface area contributed by atoms with Crippen LogP contribution in [0.3, 0.4) is 0 Å². The van der Waals surface area contributed by atoms with Crippen molar-refractivity contribution >= 4 is 17.5 Å².